The fourth-order valence-corrected chi connectivity index (χ4v) is 4.55. The number of benzene rings is 1. The summed E-state index contributed by atoms with van der Waals surface area (Å²) in [6, 6.07) is 11.8. The van der Waals surface area contributed by atoms with Gasteiger partial charge in [-0.3, -0.25) is 0 Å². The zero-order valence-electron chi connectivity index (χ0n) is 7.93. The molecule has 0 fully saturated rings. The molecule has 0 saturated heterocycles. The van der Waals surface area contributed by atoms with E-state index in [1.807, 2.05) is 0 Å². The standard InChI is InChI=1S/C11H16Si/c1-12(2)8-7-10-5-3-4-6-11(10)9-12/h3-6H,7-9H2,1-2H3. The molecule has 0 unspecified atom stereocenters. The van der Waals surface area contributed by atoms with Crippen LogP contribution < -0.4 is 0 Å². The molecular formula is C11H16Si. The lowest BCUT2D eigenvalue weighted by Gasteiger charge is -2.29. The molecule has 0 atom stereocenters. The molecule has 0 amide bonds. The van der Waals surface area contributed by atoms with Gasteiger partial charge in [0.15, 0.2) is 0 Å². The molecule has 64 valence electrons. The van der Waals surface area contributed by atoms with E-state index in [4.69, 9.17) is 0 Å². The number of hydrogen-bond donors (Lipinski definition) is 0. The molecule has 0 N–H and O–H groups in total. The summed E-state index contributed by atoms with van der Waals surface area (Å²) in [6.45, 7) is 5.01. The highest BCUT2D eigenvalue weighted by molar-refractivity contribution is 6.77. The number of hydrogen-bond acceptors (Lipinski definition) is 0. The molecule has 0 saturated carbocycles. The minimum absolute atomic E-state index is 0.842. The molecule has 2 rings (SSSR count). The molecule has 0 radical (unpaired) electrons. The van der Waals surface area contributed by atoms with Crippen molar-refractivity contribution in [2.45, 2.75) is 31.6 Å². The summed E-state index contributed by atoms with van der Waals surface area (Å²) >= 11 is 0. The topological polar surface area (TPSA) is 0 Å². The fraction of sp³-hybridized carbons (Fsp3) is 0.455. The second-order valence-electron chi connectivity index (χ2n) is 4.61. The molecule has 1 aromatic carbocycles. The molecule has 1 aliphatic rings. The maximum absolute atomic E-state index is 2.50. The third-order valence-electron chi connectivity index (χ3n) is 2.86. The van der Waals surface area contributed by atoms with E-state index in [1.54, 1.807) is 11.1 Å². The van der Waals surface area contributed by atoms with Crippen molar-refractivity contribution in [3.8, 4) is 0 Å². The quantitative estimate of drug-likeness (QED) is 0.533. The van der Waals surface area contributed by atoms with Gasteiger partial charge in [0, 0.05) is 0 Å². The summed E-state index contributed by atoms with van der Waals surface area (Å²) in [6.07, 6.45) is 1.33. The highest BCUT2D eigenvalue weighted by Gasteiger charge is 2.26. The van der Waals surface area contributed by atoms with Crippen LogP contribution in [0, 0.1) is 0 Å². The SMILES string of the molecule is C[Si]1(C)CCc2ccccc2C1. The molecule has 0 aliphatic carbocycles. The molecule has 0 nitrogen and oxygen atoms in total. The number of fused-ring (bicyclic) bond motifs is 1. The van der Waals surface area contributed by atoms with Crippen molar-refractivity contribution < 1.29 is 0 Å². The molecule has 0 aromatic heterocycles. The third-order valence-corrected chi connectivity index (χ3v) is 5.80. The monoisotopic (exact) mass is 176 g/mol. The van der Waals surface area contributed by atoms with E-state index in [0.717, 1.165) is 0 Å². The van der Waals surface area contributed by atoms with E-state index in [-0.39, 0.29) is 0 Å². The Bertz CT molecular complexity index is 289. The molecule has 0 bridgehead atoms. The maximum Gasteiger partial charge on any atom is 0.0521 e. The van der Waals surface area contributed by atoms with Crippen LogP contribution in [0.25, 0.3) is 0 Å². The van der Waals surface area contributed by atoms with Crippen LogP contribution >= 0.6 is 0 Å². The van der Waals surface area contributed by atoms with Gasteiger partial charge in [-0.2, -0.15) is 0 Å². The molecule has 1 heteroatoms. The summed E-state index contributed by atoms with van der Waals surface area (Å²) < 4.78 is 0. The Morgan fingerprint density at radius 3 is 2.50 bits per heavy atom. The molecule has 1 heterocycles. The van der Waals surface area contributed by atoms with Gasteiger partial charge in [-0.05, 0) is 23.6 Å². The average Bonchev–Trinajstić information content (AvgIpc) is 2.02. The van der Waals surface area contributed by atoms with E-state index in [1.165, 1.54) is 18.5 Å². The lowest BCUT2D eigenvalue weighted by atomic mass is 10.1. The first-order valence-electron chi connectivity index (χ1n) is 4.74. The normalized spacial score (nSPS) is 20.2. The molecule has 1 aliphatic heterocycles. The first-order chi connectivity index (χ1) is 5.67. The smallest absolute Gasteiger partial charge is 0.0521 e. The van der Waals surface area contributed by atoms with Crippen LogP contribution in [0.3, 0.4) is 0 Å². The summed E-state index contributed by atoms with van der Waals surface area (Å²) in [5.74, 6) is 0. The van der Waals surface area contributed by atoms with Crippen LogP contribution in [-0.4, -0.2) is 8.07 Å². The fourth-order valence-electron chi connectivity index (χ4n) is 2.05. The highest BCUT2D eigenvalue weighted by Crippen LogP contribution is 2.27. The Balaban J connectivity index is 2.35. The summed E-state index contributed by atoms with van der Waals surface area (Å²) in [5.41, 5.74) is 3.23. The number of aryl methyl sites for hydroxylation is 1. The van der Waals surface area contributed by atoms with Gasteiger partial charge in [0.25, 0.3) is 0 Å². The zero-order chi connectivity index (χ0) is 8.60. The van der Waals surface area contributed by atoms with Crippen molar-refractivity contribution in [1.82, 2.24) is 0 Å². The lowest BCUT2D eigenvalue weighted by molar-refractivity contribution is 0.994. The Morgan fingerprint density at radius 1 is 1.08 bits per heavy atom. The van der Waals surface area contributed by atoms with Crippen molar-refractivity contribution in [2.24, 2.45) is 0 Å². The van der Waals surface area contributed by atoms with Crippen molar-refractivity contribution >= 4 is 8.07 Å². The van der Waals surface area contributed by atoms with E-state index >= 15 is 0 Å². The van der Waals surface area contributed by atoms with E-state index in [9.17, 15) is 0 Å². The van der Waals surface area contributed by atoms with Crippen LogP contribution in [0.5, 0.6) is 0 Å². The Morgan fingerprint density at radius 2 is 1.75 bits per heavy atom. The summed E-state index contributed by atoms with van der Waals surface area (Å²) in [4.78, 5) is 0. The predicted molar refractivity (Wildman–Crippen MR) is 56.1 cm³/mol. The van der Waals surface area contributed by atoms with Crippen LogP contribution in [0.1, 0.15) is 11.1 Å². The molecule has 0 spiro atoms. The Hall–Kier alpha value is -0.563. The minimum atomic E-state index is -0.842. The molecular weight excluding hydrogens is 160 g/mol. The molecule has 12 heavy (non-hydrogen) atoms. The van der Waals surface area contributed by atoms with E-state index < -0.39 is 8.07 Å². The lowest BCUT2D eigenvalue weighted by Crippen LogP contribution is -2.33. The van der Waals surface area contributed by atoms with E-state index in [0.29, 0.717) is 0 Å². The zero-order valence-corrected chi connectivity index (χ0v) is 8.93. The second-order valence-corrected chi connectivity index (χ2v) is 9.79. The van der Waals surface area contributed by atoms with Gasteiger partial charge in [-0.15, -0.1) is 0 Å². The van der Waals surface area contributed by atoms with Crippen LogP contribution in [0.2, 0.25) is 19.1 Å². The largest absolute Gasteiger partial charge is 0.0691 e. The minimum Gasteiger partial charge on any atom is -0.0691 e. The van der Waals surface area contributed by atoms with Crippen LogP contribution in [-0.2, 0) is 12.5 Å². The maximum atomic E-state index is 2.50. The van der Waals surface area contributed by atoms with Gasteiger partial charge >= 0.3 is 0 Å². The second kappa shape index (κ2) is 2.73. The average molecular weight is 176 g/mol. The van der Waals surface area contributed by atoms with Gasteiger partial charge in [0.2, 0.25) is 0 Å². The highest BCUT2D eigenvalue weighted by atomic mass is 28.3. The summed E-state index contributed by atoms with van der Waals surface area (Å²) in [5, 5.41) is 0. The first-order valence-corrected chi connectivity index (χ1v) is 8.16. The Labute approximate surface area is 75.6 Å². The Kier molecular flexibility index (Phi) is 1.84. The summed E-state index contributed by atoms with van der Waals surface area (Å²) in [7, 11) is -0.842. The predicted octanol–water partition coefficient (Wildman–Crippen LogP) is 3.03. The van der Waals surface area contributed by atoms with Crippen LogP contribution in [0.4, 0.5) is 0 Å². The van der Waals surface area contributed by atoms with Crippen molar-refractivity contribution in [2.75, 3.05) is 0 Å². The molecule has 1 aromatic rings. The van der Waals surface area contributed by atoms with Crippen molar-refractivity contribution in [1.29, 1.82) is 0 Å². The van der Waals surface area contributed by atoms with Gasteiger partial charge in [0.1, 0.15) is 0 Å². The number of rotatable bonds is 0. The van der Waals surface area contributed by atoms with E-state index in [2.05, 4.69) is 37.4 Å². The van der Waals surface area contributed by atoms with Gasteiger partial charge < -0.3 is 0 Å². The van der Waals surface area contributed by atoms with Gasteiger partial charge in [0.05, 0.1) is 8.07 Å². The first kappa shape index (κ1) is 8.05. The van der Waals surface area contributed by atoms with Crippen LogP contribution in [0.15, 0.2) is 24.3 Å². The van der Waals surface area contributed by atoms with Gasteiger partial charge in [-0.1, -0.05) is 43.4 Å². The third kappa shape index (κ3) is 1.46. The van der Waals surface area contributed by atoms with Crippen molar-refractivity contribution in [3.05, 3.63) is 35.4 Å². The van der Waals surface area contributed by atoms with Crippen molar-refractivity contribution in [3.63, 3.8) is 0 Å². The van der Waals surface area contributed by atoms with Gasteiger partial charge in [-0.25, -0.2) is 0 Å².